The summed E-state index contributed by atoms with van der Waals surface area (Å²) in [5.74, 6) is 2.19. The molecule has 58 heavy (non-hydrogen) atoms. The van der Waals surface area contributed by atoms with Crippen LogP contribution in [0.2, 0.25) is 0 Å². The lowest BCUT2D eigenvalue weighted by Crippen LogP contribution is -2.52. The van der Waals surface area contributed by atoms with E-state index < -0.39 is 0 Å². The first-order valence-corrected chi connectivity index (χ1v) is 24.2. The molecule has 9 rings (SSSR count). The number of likely N-dealkylation sites (N-methyl/N-ethyl adjacent to an activating group) is 1. The molecule has 0 radical (unpaired) electrons. The third-order valence-corrected chi connectivity index (χ3v) is 15.0. The van der Waals surface area contributed by atoms with Crippen LogP contribution in [0.5, 0.6) is 0 Å². The standard InChI is InChI=1S/C24H34N6O.C21H34N4S2/c1-27-12-14-29(15-13-27)23-10-4-9-22-26-19(21(17-31)30(22)23)16-28(2)20-8-3-6-18-7-5-11-25-24(18)20;1-21(2)15-25-18(14-27-20(25)24-21)13-26-19(22-16-9-5-3-6-10-16)23-17-11-7-4-8-12-17/h4-5,7,9-11,20-22,31H,3,6,8,12-17H2,1-2H3;14,16-17H,3-13,15H2,1-2H3,(H,22,23). The number of nitrogens with zero attached hydrogens (tertiary/aromatic N) is 9. The van der Waals surface area contributed by atoms with Gasteiger partial charge in [-0.1, -0.05) is 74.2 Å². The molecule has 2 saturated carbocycles. The first-order valence-electron chi connectivity index (χ1n) is 22.4. The molecule has 6 heterocycles. The molecule has 0 spiro atoms. The molecule has 0 amide bonds. The molecule has 3 aliphatic carbocycles. The summed E-state index contributed by atoms with van der Waals surface area (Å²) < 4.78 is 0. The molecule has 5 aliphatic heterocycles. The Morgan fingerprint density at radius 3 is 2.59 bits per heavy atom. The van der Waals surface area contributed by atoms with E-state index in [1.54, 1.807) is 11.8 Å². The van der Waals surface area contributed by atoms with Gasteiger partial charge in [0.2, 0.25) is 0 Å². The molecule has 0 aromatic carbocycles. The Morgan fingerprint density at radius 2 is 1.81 bits per heavy atom. The minimum absolute atomic E-state index is 0.0167. The minimum atomic E-state index is -0.0740. The van der Waals surface area contributed by atoms with Gasteiger partial charge < -0.3 is 30.0 Å². The highest BCUT2D eigenvalue weighted by atomic mass is 32.2. The van der Waals surface area contributed by atoms with Crippen molar-refractivity contribution >= 4 is 39.6 Å². The lowest BCUT2D eigenvalue weighted by atomic mass is 9.91. The Kier molecular flexibility index (Phi) is 13.9. The maximum absolute atomic E-state index is 10.4. The lowest BCUT2D eigenvalue weighted by Gasteiger charge is -2.43. The van der Waals surface area contributed by atoms with Crippen LogP contribution >= 0.6 is 23.5 Å². The number of aliphatic imine (C=N–C) groups is 3. The van der Waals surface area contributed by atoms with E-state index >= 15 is 0 Å². The first-order chi connectivity index (χ1) is 28.2. The number of aryl methyl sites for hydroxylation is 1. The Hall–Kier alpha value is -2.84. The third-order valence-electron chi connectivity index (χ3n) is 13.2. The maximum atomic E-state index is 10.4. The predicted molar refractivity (Wildman–Crippen MR) is 243 cm³/mol. The van der Waals surface area contributed by atoms with Gasteiger partial charge in [0, 0.05) is 63.0 Å². The van der Waals surface area contributed by atoms with Gasteiger partial charge in [0.25, 0.3) is 0 Å². The number of nitrogens with one attached hydrogen (secondary N) is 1. The van der Waals surface area contributed by atoms with Crippen LogP contribution in [0.3, 0.4) is 0 Å². The molecule has 1 saturated heterocycles. The van der Waals surface area contributed by atoms with Gasteiger partial charge in [-0.3, -0.25) is 24.9 Å². The van der Waals surface area contributed by atoms with Gasteiger partial charge >= 0.3 is 0 Å². The molecular weight excluding hydrogens is 761 g/mol. The third kappa shape index (κ3) is 10.0. The molecule has 8 aliphatic rings. The van der Waals surface area contributed by atoms with Gasteiger partial charge in [0.15, 0.2) is 10.3 Å². The number of rotatable bonds is 9. The van der Waals surface area contributed by atoms with Crippen molar-refractivity contribution in [1.82, 2.24) is 34.8 Å². The zero-order valence-corrected chi connectivity index (χ0v) is 37.2. The molecule has 1 aromatic rings. The molecule has 3 fully saturated rings. The Labute approximate surface area is 356 Å². The number of piperazine rings is 1. The van der Waals surface area contributed by atoms with Crippen molar-refractivity contribution < 1.29 is 5.11 Å². The van der Waals surface area contributed by atoms with Crippen LogP contribution < -0.4 is 5.32 Å². The summed E-state index contributed by atoms with van der Waals surface area (Å²) in [5, 5.41) is 18.9. The highest BCUT2D eigenvalue weighted by molar-refractivity contribution is 8.17. The van der Waals surface area contributed by atoms with Crippen molar-refractivity contribution in [2.75, 3.05) is 65.7 Å². The highest BCUT2D eigenvalue weighted by Gasteiger charge is 2.40. The molecule has 13 heteroatoms. The number of amidine groups is 2. The Morgan fingerprint density at radius 1 is 1.03 bits per heavy atom. The van der Waals surface area contributed by atoms with E-state index in [2.05, 4.69) is 87.5 Å². The second-order valence-electron chi connectivity index (χ2n) is 18.2. The fraction of sp³-hybridized carbons (Fsp3) is 0.689. The molecule has 316 valence electrons. The Balaban J connectivity index is 0.000000164. The molecule has 3 atom stereocenters. The largest absolute Gasteiger partial charge is 0.394 e. The fourth-order valence-electron chi connectivity index (χ4n) is 9.92. The van der Waals surface area contributed by atoms with E-state index in [0.717, 1.165) is 63.6 Å². The number of aliphatic hydroxyl groups excluding tert-OH is 1. The number of allylic oxidation sites excluding steroid dienone is 2. The van der Waals surface area contributed by atoms with E-state index in [9.17, 15) is 5.11 Å². The average Bonchev–Trinajstić information content (AvgIpc) is 3.89. The summed E-state index contributed by atoms with van der Waals surface area (Å²) in [5.41, 5.74) is 5.11. The molecule has 11 nitrogen and oxygen atoms in total. The highest BCUT2D eigenvalue weighted by Crippen LogP contribution is 2.37. The predicted octanol–water partition coefficient (Wildman–Crippen LogP) is 6.86. The van der Waals surface area contributed by atoms with Crippen LogP contribution in [-0.2, 0) is 6.42 Å². The zero-order valence-electron chi connectivity index (χ0n) is 35.6. The van der Waals surface area contributed by atoms with E-state index in [1.807, 2.05) is 24.0 Å². The zero-order chi connectivity index (χ0) is 40.1. The van der Waals surface area contributed by atoms with Gasteiger partial charge in [-0.25, -0.2) is 0 Å². The number of aliphatic hydroxyl groups is 1. The van der Waals surface area contributed by atoms with Crippen LogP contribution in [0, 0.1) is 0 Å². The monoisotopic (exact) mass is 829 g/mol. The number of hydrogen-bond acceptors (Lipinski definition) is 12. The summed E-state index contributed by atoms with van der Waals surface area (Å²) in [6.07, 6.45) is 25.2. The summed E-state index contributed by atoms with van der Waals surface area (Å²) in [4.78, 5) is 31.8. The van der Waals surface area contributed by atoms with E-state index in [4.69, 9.17) is 20.0 Å². The van der Waals surface area contributed by atoms with Crippen LogP contribution in [0.1, 0.15) is 108 Å². The topological polar surface area (TPSA) is 98.4 Å². The van der Waals surface area contributed by atoms with Crippen molar-refractivity contribution in [2.24, 2.45) is 15.0 Å². The van der Waals surface area contributed by atoms with Gasteiger partial charge in [0.1, 0.15) is 12.0 Å². The van der Waals surface area contributed by atoms with Crippen LogP contribution in [0.25, 0.3) is 0 Å². The smallest absolute Gasteiger partial charge is 0.168 e. The molecule has 3 unspecified atom stereocenters. The van der Waals surface area contributed by atoms with Gasteiger partial charge in [0.05, 0.1) is 41.7 Å². The van der Waals surface area contributed by atoms with Crippen molar-refractivity contribution in [2.45, 2.75) is 133 Å². The second kappa shape index (κ2) is 19.3. The van der Waals surface area contributed by atoms with Gasteiger partial charge in [-0.05, 0) is 102 Å². The van der Waals surface area contributed by atoms with E-state index in [1.165, 1.54) is 104 Å². The quantitative estimate of drug-likeness (QED) is 0.203. The number of thioether (sulfide) groups is 2. The summed E-state index contributed by atoms with van der Waals surface area (Å²) in [6, 6.07) is 5.66. The van der Waals surface area contributed by atoms with Crippen molar-refractivity contribution in [3.8, 4) is 0 Å². The van der Waals surface area contributed by atoms with E-state index in [-0.39, 0.29) is 24.4 Å². The molecule has 1 aromatic heterocycles. The number of aromatic nitrogens is 1. The van der Waals surface area contributed by atoms with E-state index in [0.29, 0.717) is 18.1 Å². The molecule has 2 N–H and O–H groups in total. The fourth-order valence-corrected chi connectivity index (χ4v) is 12.1. The van der Waals surface area contributed by atoms with Gasteiger partial charge in [-0.2, -0.15) is 0 Å². The van der Waals surface area contributed by atoms with Crippen LogP contribution in [-0.4, -0.2) is 146 Å². The molecule has 0 bridgehead atoms. The van der Waals surface area contributed by atoms with Gasteiger partial charge in [-0.15, -0.1) is 0 Å². The second-order valence-corrected chi connectivity index (χ2v) is 20.0. The number of fused-ring (bicyclic) bond motifs is 3. The summed E-state index contributed by atoms with van der Waals surface area (Å²) in [7, 11) is 4.35. The first kappa shape index (κ1) is 41.9. The average molecular weight is 829 g/mol. The van der Waals surface area contributed by atoms with Crippen molar-refractivity contribution in [3.05, 3.63) is 64.7 Å². The number of pyridine rings is 1. The minimum Gasteiger partial charge on any atom is -0.394 e. The summed E-state index contributed by atoms with van der Waals surface area (Å²) in [6.45, 7) is 10.4. The maximum Gasteiger partial charge on any atom is 0.168 e. The lowest BCUT2D eigenvalue weighted by molar-refractivity contribution is 0.105. The van der Waals surface area contributed by atoms with Crippen LogP contribution in [0.4, 0.5) is 0 Å². The van der Waals surface area contributed by atoms with Crippen LogP contribution in [0.15, 0.2) is 68.5 Å². The number of hydrogen-bond donors (Lipinski definition) is 2. The Bertz CT molecular complexity index is 1750. The normalized spacial score (nSPS) is 27.7. The SMILES string of the molecule is CC1(C)CN2C(CSC(=NC3CCCCC3)NC3CCCCC3)=CSC2=N1.CN1CCN(C2=CC=CC3N=C(CN(C)C4CCCc5cccnc54)C(CO)N23)CC1. The molecular formula is C45H68N10OS2. The van der Waals surface area contributed by atoms with Crippen molar-refractivity contribution in [3.63, 3.8) is 0 Å². The summed E-state index contributed by atoms with van der Waals surface area (Å²) >= 11 is 3.70. The van der Waals surface area contributed by atoms with Crippen molar-refractivity contribution in [1.29, 1.82) is 0 Å².